The molecule has 0 aliphatic carbocycles. The highest BCUT2D eigenvalue weighted by Gasteiger charge is 2.23. The second-order valence-electron chi connectivity index (χ2n) is 4.25. The Morgan fingerprint density at radius 3 is 2.25 bits per heavy atom. The van der Waals surface area contributed by atoms with E-state index in [2.05, 4.69) is 14.5 Å². The molecule has 1 atom stereocenters. The Morgan fingerprint density at radius 1 is 1.30 bits per heavy atom. The minimum absolute atomic E-state index is 0.0196. The van der Waals surface area contributed by atoms with Gasteiger partial charge < -0.3 is 9.47 Å². The maximum atomic E-state index is 11.5. The first kappa shape index (κ1) is 16.6. The summed E-state index contributed by atoms with van der Waals surface area (Å²) in [6, 6.07) is -0.162. The largest absolute Gasteiger partial charge is 0.468 e. The smallest absolute Gasteiger partial charge is 0.319 e. The SMILES string of the molecule is CCc1nc([C@@H](C)N(CC(=O)OC)CC(=O)OC)cs1. The molecule has 0 N–H and O–H groups in total. The summed E-state index contributed by atoms with van der Waals surface area (Å²) in [6.45, 7) is 3.98. The number of carbonyl (C=O) groups excluding carboxylic acids is 2. The van der Waals surface area contributed by atoms with Crippen LogP contribution in [-0.4, -0.2) is 49.1 Å². The lowest BCUT2D eigenvalue weighted by Crippen LogP contribution is -2.37. The van der Waals surface area contributed by atoms with Gasteiger partial charge in [0.25, 0.3) is 0 Å². The molecule has 6 nitrogen and oxygen atoms in total. The van der Waals surface area contributed by atoms with Gasteiger partial charge in [0.15, 0.2) is 0 Å². The zero-order valence-electron chi connectivity index (χ0n) is 12.2. The van der Waals surface area contributed by atoms with Gasteiger partial charge in [0.05, 0.1) is 44.1 Å². The van der Waals surface area contributed by atoms with Crippen LogP contribution >= 0.6 is 11.3 Å². The average molecular weight is 300 g/mol. The average Bonchev–Trinajstić information content (AvgIpc) is 2.94. The maximum absolute atomic E-state index is 11.5. The van der Waals surface area contributed by atoms with Crippen LogP contribution in [0.2, 0.25) is 0 Å². The number of hydrogen-bond acceptors (Lipinski definition) is 7. The van der Waals surface area contributed by atoms with Crippen molar-refractivity contribution < 1.29 is 19.1 Å². The zero-order valence-corrected chi connectivity index (χ0v) is 13.0. The molecule has 0 unspecified atom stereocenters. The predicted molar refractivity (Wildman–Crippen MR) is 75.5 cm³/mol. The molecular weight excluding hydrogens is 280 g/mol. The fourth-order valence-corrected chi connectivity index (χ4v) is 2.49. The highest BCUT2D eigenvalue weighted by Crippen LogP contribution is 2.22. The Hall–Kier alpha value is -1.47. The van der Waals surface area contributed by atoms with Crippen molar-refractivity contribution in [3.8, 4) is 0 Å². The summed E-state index contributed by atoms with van der Waals surface area (Å²) in [4.78, 5) is 29.1. The van der Waals surface area contributed by atoms with E-state index in [9.17, 15) is 9.59 Å². The van der Waals surface area contributed by atoms with E-state index in [1.807, 2.05) is 19.2 Å². The molecule has 0 spiro atoms. The van der Waals surface area contributed by atoms with Gasteiger partial charge in [-0.3, -0.25) is 14.5 Å². The summed E-state index contributed by atoms with van der Waals surface area (Å²) in [5.41, 5.74) is 0.847. The van der Waals surface area contributed by atoms with Gasteiger partial charge in [-0.2, -0.15) is 0 Å². The van der Waals surface area contributed by atoms with E-state index in [0.29, 0.717) is 0 Å². The van der Waals surface area contributed by atoms with E-state index in [4.69, 9.17) is 0 Å². The van der Waals surface area contributed by atoms with Gasteiger partial charge in [0, 0.05) is 5.38 Å². The third-order valence-corrected chi connectivity index (χ3v) is 3.98. The third-order valence-electron chi connectivity index (χ3n) is 2.97. The number of aryl methyl sites for hydroxylation is 1. The molecule has 20 heavy (non-hydrogen) atoms. The molecule has 1 heterocycles. The molecule has 0 aliphatic rings. The lowest BCUT2D eigenvalue weighted by Gasteiger charge is -2.25. The van der Waals surface area contributed by atoms with E-state index in [1.165, 1.54) is 14.2 Å². The number of rotatable bonds is 7. The summed E-state index contributed by atoms with van der Waals surface area (Å²) in [6.07, 6.45) is 0.866. The zero-order chi connectivity index (χ0) is 15.1. The Morgan fingerprint density at radius 2 is 1.85 bits per heavy atom. The summed E-state index contributed by atoms with van der Waals surface area (Å²) < 4.78 is 9.32. The molecule has 0 fully saturated rings. The van der Waals surface area contributed by atoms with Crippen molar-refractivity contribution in [2.24, 2.45) is 0 Å². The number of thiazole rings is 1. The number of hydrogen-bond donors (Lipinski definition) is 0. The molecule has 112 valence electrons. The third kappa shape index (κ3) is 4.57. The molecule has 0 aromatic carbocycles. The second-order valence-corrected chi connectivity index (χ2v) is 5.20. The first-order valence-electron chi connectivity index (χ1n) is 6.33. The van der Waals surface area contributed by atoms with Crippen LogP contribution < -0.4 is 0 Å². The minimum Gasteiger partial charge on any atom is -0.468 e. The summed E-state index contributed by atoms with van der Waals surface area (Å²) in [5.74, 6) is -0.793. The van der Waals surface area contributed by atoms with Gasteiger partial charge in [-0.1, -0.05) is 6.92 Å². The van der Waals surface area contributed by atoms with Crippen LogP contribution in [0.1, 0.15) is 30.6 Å². The van der Waals surface area contributed by atoms with Crippen molar-refractivity contribution in [1.82, 2.24) is 9.88 Å². The molecule has 7 heteroatoms. The van der Waals surface area contributed by atoms with Crippen LogP contribution in [0.3, 0.4) is 0 Å². The van der Waals surface area contributed by atoms with Crippen molar-refractivity contribution in [3.63, 3.8) is 0 Å². The highest BCUT2D eigenvalue weighted by atomic mass is 32.1. The molecule has 1 aromatic rings. The van der Waals surface area contributed by atoms with Gasteiger partial charge in [0.2, 0.25) is 0 Å². The molecule has 1 rings (SSSR count). The molecule has 0 saturated heterocycles. The maximum Gasteiger partial charge on any atom is 0.319 e. The molecule has 0 bridgehead atoms. The Kier molecular flexibility index (Phi) is 6.60. The summed E-state index contributed by atoms with van der Waals surface area (Å²) in [5, 5.41) is 2.98. The second kappa shape index (κ2) is 7.96. The van der Waals surface area contributed by atoms with E-state index >= 15 is 0 Å². The van der Waals surface area contributed by atoms with E-state index in [-0.39, 0.29) is 19.1 Å². The van der Waals surface area contributed by atoms with Crippen LogP contribution in [-0.2, 0) is 25.5 Å². The first-order chi connectivity index (χ1) is 9.51. The van der Waals surface area contributed by atoms with Crippen molar-refractivity contribution in [1.29, 1.82) is 0 Å². The van der Waals surface area contributed by atoms with Crippen molar-refractivity contribution >= 4 is 23.3 Å². The normalized spacial score (nSPS) is 12.2. The number of ether oxygens (including phenoxy) is 2. The monoisotopic (exact) mass is 300 g/mol. The van der Waals surface area contributed by atoms with Gasteiger partial charge in [-0.25, -0.2) is 4.98 Å². The topological polar surface area (TPSA) is 68.7 Å². The van der Waals surface area contributed by atoms with Crippen molar-refractivity contribution in [2.45, 2.75) is 26.3 Å². The standard InChI is InChI=1S/C13H20N2O4S/c1-5-11-14-10(8-20-11)9(2)15(6-12(16)18-3)7-13(17)19-4/h8-9H,5-7H2,1-4H3/t9-/m1/s1. The van der Waals surface area contributed by atoms with Gasteiger partial charge >= 0.3 is 11.9 Å². The number of nitrogens with zero attached hydrogens (tertiary/aromatic N) is 2. The molecular formula is C13H20N2O4S. The fourth-order valence-electron chi connectivity index (χ4n) is 1.66. The Bertz CT molecular complexity index is 443. The lowest BCUT2D eigenvalue weighted by molar-refractivity contribution is -0.146. The van der Waals surface area contributed by atoms with Crippen molar-refractivity contribution in [2.75, 3.05) is 27.3 Å². The number of methoxy groups -OCH3 is 2. The number of aromatic nitrogens is 1. The van der Waals surface area contributed by atoms with Crippen LogP contribution in [0.4, 0.5) is 0 Å². The number of esters is 2. The van der Waals surface area contributed by atoms with Crippen LogP contribution in [0.15, 0.2) is 5.38 Å². The molecule has 0 amide bonds. The molecule has 1 aromatic heterocycles. The van der Waals surface area contributed by atoms with E-state index < -0.39 is 11.9 Å². The molecule has 0 saturated carbocycles. The highest BCUT2D eigenvalue weighted by molar-refractivity contribution is 7.09. The quantitative estimate of drug-likeness (QED) is 0.709. The minimum atomic E-state index is -0.397. The van der Waals surface area contributed by atoms with E-state index in [1.54, 1.807) is 16.2 Å². The summed E-state index contributed by atoms with van der Waals surface area (Å²) >= 11 is 1.57. The number of carbonyl (C=O) groups is 2. The van der Waals surface area contributed by atoms with Crippen LogP contribution in [0.5, 0.6) is 0 Å². The van der Waals surface area contributed by atoms with Crippen molar-refractivity contribution in [3.05, 3.63) is 16.1 Å². The predicted octanol–water partition coefficient (Wildman–Crippen LogP) is 1.41. The Labute approximate surface area is 122 Å². The van der Waals surface area contributed by atoms with Gasteiger partial charge in [0.1, 0.15) is 0 Å². The van der Waals surface area contributed by atoms with E-state index in [0.717, 1.165) is 17.1 Å². The first-order valence-corrected chi connectivity index (χ1v) is 7.21. The van der Waals surface area contributed by atoms with Gasteiger partial charge in [-0.15, -0.1) is 11.3 Å². The van der Waals surface area contributed by atoms with Crippen LogP contribution in [0.25, 0.3) is 0 Å². The summed E-state index contributed by atoms with van der Waals surface area (Å²) in [7, 11) is 2.64. The van der Waals surface area contributed by atoms with Gasteiger partial charge in [-0.05, 0) is 13.3 Å². The molecule has 0 aliphatic heterocycles. The Balaban J connectivity index is 2.84. The lowest BCUT2D eigenvalue weighted by atomic mass is 10.2. The van der Waals surface area contributed by atoms with Crippen LogP contribution in [0, 0.1) is 0 Å². The molecule has 0 radical (unpaired) electrons. The fraction of sp³-hybridized carbons (Fsp3) is 0.615.